The number of nitrogens with zero attached hydrogens (tertiary/aromatic N) is 3. The van der Waals surface area contributed by atoms with Gasteiger partial charge in [-0.3, -0.25) is 0 Å². The number of ether oxygens (including phenoxy) is 2. The summed E-state index contributed by atoms with van der Waals surface area (Å²) in [5.74, 6) is -2.93. The van der Waals surface area contributed by atoms with Gasteiger partial charge in [0.25, 0.3) is 5.92 Å². The van der Waals surface area contributed by atoms with Crippen molar-refractivity contribution in [3.8, 4) is 6.01 Å². The molecule has 2 rings (SSSR count). The highest BCUT2D eigenvalue weighted by atomic mass is 19.3. The molecule has 0 fully saturated rings. The third-order valence-electron chi connectivity index (χ3n) is 3.74. The number of methoxy groups -OCH3 is 1. The van der Waals surface area contributed by atoms with Crippen LogP contribution in [0.15, 0.2) is 53.7 Å². The van der Waals surface area contributed by atoms with Crippen LogP contribution in [0.5, 0.6) is 6.01 Å². The average molecular weight is 377 g/mol. The first kappa shape index (κ1) is 20.4. The van der Waals surface area contributed by atoms with Crippen LogP contribution < -0.4 is 10.1 Å². The van der Waals surface area contributed by atoms with Gasteiger partial charge in [0.1, 0.15) is 12.3 Å². The molecule has 7 nitrogen and oxygen atoms in total. The Bertz CT molecular complexity index is 791. The SMILES string of the molecule is COC(C)c1cnc(OC/C(=C/Nc2cccc(C(C)(F)F)c2)N=N)nc1. The molecule has 0 aliphatic rings. The van der Waals surface area contributed by atoms with Crippen LogP contribution in [0, 0.1) is 5.53 Å². The highest BCUT2D eigenvalue weighted by Crippen LogP contribution is 2.28. The van der Waals surface area contributed by atoms with Gasteiger partial charge in [0.15, 0.2) is 0 Å². The molecule has 0 bridgehead atoms. The lowest BCUT2D eigenvalue weighted by atomic mass is 10.1. The largest absolute Gasteiger partial charge is 0.457 e. The fraction of sp³-hybridized carbons (Fsp3) is 0.333. The lowest BCUT2D eigenvalue weighted by molar-refractivity contribution is 0.0175. The van der Waals surface area contributed by atoms with Crippen LogP contribution in [0.4, 0.5) is 14.5 Å². The molecule has 0 aliphatic carbocycles. The van der Waals surface area contributed by atoms with E-state index in [0.29, 0.717) is 5.69 Å². The van der Waals surface area contributed by atoms with Gasteiger partial charge in [-0.1, -0.05) is 12.1 Å². The van der Waals surface area contributed by atoms with Gasteiger partial charge in [-0.15, -0.1) is 0 Å². The second-order valence-electron chi connectivity index (χ2n) is 5.83. The van der Waals surface area contributed by atoms with E-state index in [0.717, 1.165) is 12.5 Å². The summed E-state index contributed by atoms with van der Waals surface area (Å²) in [6, 6.07) is 5.96. The lowest BCUT2D eigenvalue weighted by Crippen LogP contribution is -2.07. The maximum Gasteiger partial charge on any atom is 0.316 e. The number of nitrogens with one attached hydrogen (secondary N) is 2. The highest BCUT2D eigenvalue weighted by Gasteiger charge is 2.24. The summed E-state index contributed by atoms with van der Waals surface area (Å²) >= 11 is 0. The van der Waals surface area contributed by atoms with Gasteiger partial charge >= 0.3 is 6.01 Å². The molecule has 0 radical (unpaired) electrons. The third kappa shape index (κ3) is 6.07. The van der Waals surface area contributed by atoms with Crippen molar-refractivity contribution in [3.63, 3.8) is 0 Å². The Morgan fingerprint density at radius 3 is 2.67 bits per heavy atom. The number of hydrogen-bond donors (Lipinski definition) is 2. The molecule has 0 saturated heterocycles. The van der Waals surface area contributed by atoms with Gasteiger partial charge in [-0.2, -0.15) is 5.11 Å². The first-order valence-corrected chi connectivity index (χ1v) is 8.12. The zero-order valence-corrected chi connectivity index (χ0v) is 15.2. The number of halogens is 2. The number of benzene rings is 1. The van der Waals surface area contributed by atoms with Crippen LogP contribution in [0.1, 0.15) is 31.1 Å². The van der Waals surface area contributed by atoms with Gasteiger partial charge in [0, 0.05) is 49.4 Å². The summed E-state index contributed by atoms with van der Waals surface area (Å²) in [5, 5.41) is 6.18. The Morgan fingerprint density at radius 2 is 2.07 bits per heavy atom. The van der Waals surface area contributed by atoms with Gasteiger partial charge in [0.2, 0.25) is 0 Å². The molecule has 144 valence electrons. The summed E-state index contributed by atoms with van der Waals surface area (Å²) in [6.45, 7) is 2.65. The molecular weight excluding hydrogens is 356 g/mol. The van der Waals surface area contributed by atoms with E-state index >= 15 is 0 Å². The van der Waals surface area contributed by atoms with E-state index in [9.17, 15) is 8.78 Å². The molecule has 1 unspecified atom stereocenters. The minimum Gasteiger partial charge on any atom is -0.457 e. The van der Waals surface area contributed by atoms with E-state index in [1.165, 1.54) is 24.4 Å². The Hall–Kier alpha value is -2.94. The zero-order chi connectivity index (χ0) is 19.9. The molecule has 0 amide bonds. The fourth-order valence-corrected chi connectivity index (χ4v) is 2.04. The predicted molar refractivity (Wildman–Crippen MR) is 95.8 cm³/mol. The van der Waals surface area contributed by atoms with Crippen LogP contribution in [0.3, 0.4) is 0 Å². The number of aromatic nitrogens is 2. The van der Waals surface area contributed by atoms with Gasteiger partial charge < -0.3 is 14.8 Å². The summed E-state index contributed by atoms with van der Waals surface area (Å²) in [7, 11) is 1.59. The molecule has 0 saturated carbocycles. The molecule has 1 atom stereocenters. The van der Waals surface area contributed by atoms with Crippen molar-refractivity contribution in [2.24, 2.45) is 5.11 Å². The molecule has 2 N–H and O–H groups in total. The van der Waals surface area contributed by atoms with Crippen molar-refractivity contribution in [3.05, 3.63) is 59.7 Å². The maximum absolute atomic E-state index is 13.4. The van der Waals surface area contributed by atoms with Crippen molar-refractivity contribution in [2.75, 3.05) is 19.0 Å². The minimum atomic E-state index is -2.93. The molecular formula is C18H21F2N5O2. The van der Waals surface area contributed by atoms with Crippen LogP contribution in [-0.4, -0.2) is 23.7 Å². The second-order valence-corrected chi connectivity index (χ2v) is 5.83. The highest BCUT2D eigenvalue weighted by molar-refractivity contribution is 5.49. The van der Waals surface area contributed by atoms with Crippen LogP contribution >= 0.6 is 0 Å². The van der Waals surface area contributed by atoms with Gasteiger partial charge in [0.05, 0.1) is 6.10 Å². The van der Waals surface area contributed by atoms with Crippen molar-refractivity contribution < 1.29 is 18.3 Å². The Kier molecular flexibility index (Phi) is 6.89. The topological polar surface area (TPSA) is 92.5 Å². The number of alkyl halides is 2. The van der Waals surface area contributed by atoms with Crippen LogP contribution in [-0.2, 0) is 10.7 Å². The zero-order valence-electron chi connectivity index (χ0n) is 15.2. The quantitative estimate of drug-likeness (QED) is 0.620. The predicted octanol–water partition coefficient (Wildman–Crippen LogP) is 4.66. The van der Waals surface area contributed by atoms with Crippen molar-refractivity contribution >= 4 is 5.69 Å². The van der Waals surface area contributed by atoms with E-state index in [-0.39, 0.29) is 30.0 Å². The maximum atomic E-state index is 13.4. The van der Waals surface area contributed by atoms with Crippen molar-refractivity contribution in [1.82, 2.24) is 9.97 Å². The van der Waals surface area contributed by atoms with Crippen molar-refractivity contribution in [1.29, 1.82) is 5.53 Å². The second kappa shape index (κ2) is 9.13. The lowest BCUT2D eigenvalue weighted by Gasteiger charge is -2.12. The first-order chi connectivity index (χ1) is 12.8. The normalized spacial score (nSPS) is 13.1. The molecule has 1 heterocycles. The van der Waals surface area contributed by atoms with Gasteiger partial charge in [-0.25, -0.2) is 24.3 Å². The molecule has 27 heavy (non-hydrogen) atoms. The van der Waals surface area contributed by atoms with Crippen LogP contribution in [0.25, 0.3) is 0 Å². The van der Waals surface area contributed by atoms with E-state index in [1.807, 2.05) is 6.92 Å². The minimum absolute atomic E-state index is 0.0562. The molecule has 1 aromatic carbocycles. The van der Waals surface area contributed by atoms with E-state index in [2.05, 4.69) is 20.4 Å². The Balaban J connectivity index is 1.98. The number of rotatable bonds is 9. The Labute approximate surface area is 156 Å². The van der Waals surface area contributed by atoms with E-state index < -0.39 is 5.92 Å². The standard InChI is InChI=1S/C18H21F2N5O2/c1-12(26-3)13-8-23-17(24-9-13)27-11-16(25-21)10-22-15-6-4-5-14(7-15)18(2,19)20/h4-10,12,21-22H,11H2,1-3H3/b16-10-,25-21?. The average Bonchev–Trinajstić information content (AvgIpc) is 2.67. The molecule has 9 heteroatoms. The van der Waals surface area contributed by atoms with Crippen molar-refractivity contribution in [2.45, 2.75) is 25.9 Å². The first-order valence-electron chi connectivity index (χ1n) is 8.12. The molecule has 1 aromatic heterocycles. The smallest absolute Gasteiger partial charge is 0.316 e. The van der Waals surface area contributed by atoms with E-state index in [4.69, 9.17) is 15.0 Å². The summed E-state index contributed by atoms with van der Waals surface area (Å²) in [6.07, 6.45) is 4.45. The summed E-state index contributed by atoms with van der Waals surface area (Å²) < 4.78 is 37.3. The Morgan fingerprint density at radius 1 is 1.37 bits per heavy atom. The fourth-order valence-electron chi connectivity index (χ4n) is 2.04. The number of anilines is 1. The molecule has 0 spiro atoms. The summed E-state index contributed by atoms with van der Waals surface area (Å²) in [5.41, 5.74) is 8.59. The molecule has 0 aliphatic heterocycles. The summed E-state index contributed by atoms with van der Waals surface area (Å²) in [4.78, 5) is 8.13. The third-order valence-corrected chi connectivity index (χ3v) is 3.74. The van der Waals surface area contributed by atoms with Gasteiger partial charge in [-0.05, 0) is 19.1 Å². The molecule has 2 aromatic rings. The van der Waals surface area contributed by atoms with E-state index in [1.54, 1.807) is 25.6 Å². The van der Waals surface area contributed by atoms with Crippen LogP contribution in [0.2, 0.25) is 0 Å². The number of hydrogen-bond acceptors (Lipinski definition) is 7. The monoisotopic (exact) mass is 377 g/mol.